The van der Waals surface area contributed by atoms with E-state index in [4.69, 9.17) is 11.6 Å². The molecule has 3 nitrogen and oxygen atoms in total. The van der Waals surface area contributed by atoms with Crippen LogP contribution in [0.25, 0.3) is 6.08 Å². The van der Waals surface area contributed by atoms with E-state index in [1.54, 1.807) is 24.3 Å². The molecule has 0 spiro atoms. The summed E-state index contributed by atoms with van der Waals surface area (Å²) >= 11 is 5.80. The Morgan fingerprint density at radius 2 is 2.13 bits per heavy atom. The molecule has 1 fully saturated rings. The van der Waals surface area contributed by atoms with Crippen LogP contribution in [0.3, 0.4) is 0 Å². The highest BCUT2D eigenvalue weighted by Gasteiger charge is 2.23. The van der Waals surface area contributed by atoms with Crippen LogP contribution in [0, 0.1) is 0 Å². The van der Waals surface area contributed by atoms with Crippen molar-refractivity contribution in [2.24, 2.45) is 0 Å². The van der Waals surface area contributed by atoms with Gasteiger partial charge in [-0.15, -0.1) is 0 Å². The lowest BCUT2D eigenvalue weighted by atomic mass is 10.1. The van der Waals surface area contributed by atoms with Crippen LogP contribution in [0.4, 0.5) is 0 Å². The summed E-state index contributed by atoms with van der Waals surface area (Å²) < 4.78 is 0. The third-order valence-corrected chi connectivity index (χ3v) is 2.32. The molecule has 0 aromatic heterocycles. The topological polar surface area (TPSA) is 46.2 Å². The summed E-state index contributed by atoms with van der Waals surface area (Å²) in [6.07, 6.45) is 1.82. The van der Waals surface area contributed by atoms with E-state index in [0.717, 1.165) is 5.56 Å². The fraction of sp³-hybridized carbons (Fsp3) is 0.0909. The standard InChI is InChI=1S/C11H8ClNO2/c12-9-3-1-2-7(5-9)4-8-6-10(14)13-11(8)15/h1-5H,6H2,(H,13,14,15)/b8-4+. The maximum absolute atomic E-state index is 11.2. The zero-order valence-electron chi connectivity index (χ0n) is 7.79. The molecule has 1 aliphatic heterocycles. The van der Waals surface area contributed by atoms with Gasteiger partial charge in [0.1, 0.15) is 0 Å². The van der Waals surface area contributed by atoms with Crippen LogP contribution < -0.4 is 5.32 Å². The molecule has 15 heavy (non-hydrogen) atoms. The molecule has 0 aliphatic carbocycles. The fourth-order valence-electron chi connectivity index (χ4n) is 1.42. The molecule has 1 heterocycles. The molecule has 1 saturated heterocycles. The van der Waals surface area contributed by atoms with Gasteiger partial charge in [-0.1, -0.05) is 23.7 Å². The van der Waals surface area contributed by atoms with Crippen molar-refractivity contribution in [3.05, 3.63) is 40.4 Å². The Balaban J connectivity index is 2.31. The summed E-state index contributed by atoms with van der Waals surface area (Å²) in [6, 6.07) is 7.12. The predicted molar refractivity (Wildman–Crippen MR) is 57.2 cm³/mol. The zero-order chi connectivity index (χ0) is 10.8. The molecule has 4 heteroatoms. The molecule has 2 amide bonds. The number of rotatable bonds is 1. The Bertz CT molecular complexity index is 465. The Morgan fingerprint density at radius 1 is 1.33 bits per heavy atom. The van der Waals surface area contributed by atoms with Gasteiger partial charge in [-0.2, -0.15) is 0 Å². The first-order chi connectivity index (χ1) is 7.15. The van der Waals surface area contributed by atoms with Crippen LogP contribution in [-0.2, 0) is 9.59 Å². The van der Waals surface area contributed by atoms with E-state index in [1.165, 1.54) is 0 Å². The van der Waals surface area contributed by atoms with Crippen LogP contribution in [0.15, 0.2) is 29.8 Å². The summed E-state index contributed by atoms with van der Waals surface area (Å²) in [5.41, 5.74) is 1.30. The third-order valence-electron chi connectivity index (χ3n) is 2.09. The maximum Gasteiger partial charge on any atom is 0.254 e. The van der Waals surface area contributed by atoms with Crippen molar-refractivity contribution in [3.63, 3.8) is 0 Å². The van der Waals surface area contributed by atoms with Gasteiger partial charge < -0.3 is 0 Å². The van der Waals surface area contributed by atoms with E-state index < -0.39 is 0 Å². The molecule has 1 aliphatic rings. The molecular formula is C11H8ClNO2. The van der Waals surface area contributed by atoms with Crippen LogP contribution in [-0.4, -0.2) is 11.8 Å². The van der Waals surface area contributed by atoms with E-state index in [0.29, 0.717) is 10.6 Å². The molecule has 1 N–H and O–H groups in total. The van der Waals surface area contributed by atoms with E-state index in [1.807, 2.05) is 6.07 Å². The minimum Gasteiger partial charge on any atom is -0.292 e. The van der Waals surface area contributed by atoms with Crippen LogP contribution in [0.1, 0.15) is 12.0 Å². The minimum atomic E-state index is -0.319. The van der Waals surface area contributed by atoms with Gasteiger partial charge in [0.15, 0.2) is 0 Å². The van der Waals surface area contributed by atoms with Crippen molar-refractivity contribution in [2.75, 3.05) is 0 Å². The first-order valence-electron chi connectivity index (χ1n) is 4.45. The number of carbonyl (C=O) groups excluding carboxylic acids is 2. The highest BCUT2D eigenvalue weighted by molar-refractivity contribution is 6.30. The molecule has 76 valence electrons. The molecule has 0 atom stereocenters. The van der Waals surface area contributed by atoms with E-state index in [-0.39, 0.29) is 18.2 Å². The number of nitrogens with one attached hydrogen (secondary N) is 1. The zero-order valence-corrected chi connectivity index (χ0v) is 8.54. The second-order valence-corrected chi connectivity index (χ2v) is 3.72. The molecule has 0 saturated carbocycles. The Labute approximate surface area is 91.7 Å². The van der Waals surface area contributed by atoms with E-state index in [9.17, 15) is 9.59 Å². The van der Waals surface area contributed by atoms with Crippen molar-refractivity contribution < 1.29 is 9.59 Å². The summed E-state index contributed by atoms with van der Waals surface area (Å²) in [4.78, 5) is 22.2. The van der Waals surface area contributed by atoms with Gasteiger partial charge in [0, 0.05) is 10.6 Å². The van der Waals surface area contributed by atoms with Crippen molar-refractivity contribution in [2.45, 2.75) is 6.42 Å². The van der Waals surface area contributed by atoms with Gasteiger partial charge in [0.25, 0.3) is 5.91 Å². The quantitative estimate of drug-likeness (QED) is 0.580. The Hall–Kier alpha value is -1.61. The van der Waals surface area contributed by atoms with Crippen molar-refractivity contribution >= 4 is 29.5 Å². The third kappa shape index (κ3) is 2.25. The first kappa shape index (κ1) is 9.93. The molecular weight excluding hydrogens is 214 g/mol. The number of benzene rings is 1. The van der Waals surface area contributed by atoms with Gasteiger partial charge in [0.2, 0.25) is 5.91 Å². The first-order valence-corrected chi connectivity index (χ1v) is 4.83. The van der Waals surface area contributed by atoms with Gasteiger partial charge >= 0.3 is 0 Å². The highest BCUT2D eigenvalue weighted by Crippen LogP contribution is 2.17. The number of hydrogen-bond acceptors (Lipinski definition) is 2. The minimum absolute atomic E-state index is 0.144. The lowest BCUT2D eigenvalue weighted by Crippen LogP contribution is -2.19. The Kier molecular flexibility index (Phi) is 2.56. The average Bonchev–Trinajstić information content (AvgIpc) is 2.45. The maximum atomic E-state index is 11.2. The average molecular weight is 222 g/mol. The molecule has 2 rings (SSSR count). The fourth-order valence-corrected chi connectivity index (χ4v) is 1.62. The van der Waals surface area contributed by atoms with Crippen LogP contribution >= 0.6 is 11.6 Å². The number of halogens is 1. The van der Waals surface area contributed by atoms with Gasteiger partial charge in [0.05, 0.1) is 6.42 Å². The summed E-state index contributed by atoms with van der Waals surface area (Å²) in [7, 11) is 0. The van der Waals surface area contributed by atoms with Crippen LogP contribution in [0.2, 0.25) is 5.02 Å². The normalized spacial score (nSPS) is 18.3. The largest absolute Gasteiger partial charge is 0.292 e. The van der Waals surface area contributed by atoms with Gasteiger partial charge in [-0.05, 0) is 23.8 Å². The molecule has 1 aromatic carbocycles. The van der Waals surface area contributed by atoms with Gasteiger partial charge in [-0.25, -0.2) is 0 Å². The summed E-state index contributed by atoms with van der Waals surface area (Å²) in [5, 5.41) is 2.83. The summed E-state index contributed by atoms with van der Waals surface area (Å²) in [5.74, 6) is -0.576. The summed E-state index contributed by atoms with van der Waals surface area (Å²) in [6.45, 7) is 0. The van der Waals surface area contributed by atoms with Crippen molar-refractivity contribution in [3.8, 4) is 0 Å². The lowest BCUT2D eigenvalue weighted by molar-refractivity contribution is -0.124. The molecule has 0 unspecified atom stereocenters. The number of amides is 2. The molecule has 0 radical (unpaired) electrons. The van der Waals surface area contributed by atoms with Crippen molar-refractivity contribution in [1.82, 2.24) is 5.32 Å². The predicted octanol–water partition coefficient (Wildman–Crippen LogP) is 1.77. The number of imide groups is 1. The monoisotopic (exact) mass is 221 g/mol. The van der Waals surface area contributed by atoms with Crippen molar-refractivity contribution in [1.29, 1.82) is 0 Å². The number of hydrogen-bond donors (Lipinski definition) is 1. The smallest absolute Gasteiger partial charge is 0.254 e. The number of carbonyl (C=O) groups is 2. The molecule has 1 aromatic rings. The Morgan fingerprint density at radius 3 is 2.73 bits per heavy atom. The second-order valence-electron chi connectivity index (χ2n) is 3.28. The second kappa shape index (κ2) is 3.87. The molecule has 0 bridgehead atoms. The van der Waals surface area contributed by atoms with Gasteiger partial charge in [-0.3, -0.25) is 14.9 Å². The van der Waals surface area contributed by atoms with Crippen LogP contribution in [0.5, 0.6) is 0 Å². The van der Waals surface area contributed by atoms with E-state index >= 15 is 0 Å². The highest BCUT2D eigenvalue weighted by atomic mass is 35.5. The van der Waals surface area contributed by atoms with E-state index in [2.05, 4.69) is 5.32 Å². The SMILES string of the molecule is O=C1C/C(=C\c2cccc(Cl)c2)C(=O)N1. The lowest BCUT2D eigenvalue weighted by Gasteiger charge is -1.95.